The lowest BCUT2D eigenvalue weighted by atomic mass is 10.2. The van der Waals surface area contributed by atoms with Crippen molar-refractivity contribution in [2.24, 2.45) is 0 Å². The van der Waals surface area contributed by atoms with Crippen molar-refractivity contribution < 1.29 is 26.7 Å². The van der Waals surface area contributed by atoms with Crippen molar-refractivity contribution in [3.63, 3.8) is 0 Å². The van der Waals surface area contributed by atoms with Crippen molar-refractivity contribution in [3.8, 4) is 5.88 Å². The van der Waals surface area contributed by atoms with E-state index in [0.29, 0.717) is 0 Å². The molecule has 0 bridgehead atoms. The first-order chi connectivity index (χ1) is 7.27. The number of pyridine rings is 1. The molecule has 8 heteroatoms. The molecule has 1 aromatic rings. The predicted octanol–water partition coefficient (Wildman–Crippen LogP) is 3.65. The van der Waals surface area contributed by atoms with Crippen LogP contribution in [0.5, 0.6) is 5.88 Å². The number of nitrogens with zero attached hydrogens (tertiary/aromatic N) is 1. The smallest absolute Gasteiger partial charge is 0.419 e. The minimum atomic E-state index is -4.86. The average Bonchev–Trinajstić information content (AvgIpc) is 2.14. The van der Waals surface area contributed by atoms with E-state index >= 15 is 0 Å². The van der Waals surface area contributed by atoms with Gasteiger partial charge in [-0.05, 0) is 22.6 Å². The fraction of sp³-hybridized carbons (Fsp3) is 0.375. The van der Waals surface area contributed by atoms with Crippen LogP contribution < -0.4 is 4.74 Å². The molecule has 1 rings (SSSR count). The topological polar surface area (TPSA) is 22.1 Å². The molecule has 0 aliphatic rings. The second-order valence-corrected chi connectivity index (χ2v) is 3.87. The van der Waals surface area contributed by atoms with Gasteiger partial charge in [0.05, 0.1) is 12.7 Å². The second-order valence-electron chi connectivity index (χ2n) is 2.71. The summed E-state index contributed by atoms with van der Waals surface area (Å²) in [4.78, 5) is 3.12. The maximum atomic E-state index is 12.5. The molecule has 0 radical (unpaired) electrons. The van der Waals surface area contributed by atoms with E-state index in [1.165, 1.54) is 22.6 Å². The molecule has 0 aliphatic carbocycles. The Balaban J connectivity index is 3.46. The van der Waals surface area contributed by atoms with E-state index in [-0.39, 0.29) is 9.45 Å². The van der Waals surface area contributed by atoms with Crippen LogP contribution in [0.1, 0.15) is 17.7 Å². The van der Waals surface area contributed by atoms with Gasteiger partial charge in [-0.2, -0.15) is 13.2 Å². The summed E-state index contributed by atoms with van der Waals surface area (Å²) in [6.07, 6.45) is -8.16. The normalized spacial score (nSPS) is 12.0. The Hall–Kier alpha value is -0.670. The molecule has 90 valence electrons. The monoisotopic (exact) mass is 353 g/mol. The molecule has 0 saturated heterocycles. The minimum Gasteiger partial charge on any atom is -0.481 e. The van der Waals surface area contributed by atoms with E-state index < -0.39 is 23.9 Å². The van der Waals surface area contributed by atoms with Crippen molar-refractivity contribution >= 4 is 22.6 Å². The van der Waals surface area contributed by atoms with E-state index in [9.17, 15) is 22.0 Å². The molecule has 16 heavy (non-hydrogen) atoms. The van der Waals surface area contributed by atoms with Crippen LogP contribution in [0.15, 0.2) is 6.07 Å². The first-order valence-electron chi connectivity index (χ1n) is 3.87. The van der Waals surface area contributed by atoms with E-state index in [1.54, 1.807) is 0 Å². The predicted molar refractivity (Wildman–Crippen MR) is 53.5 cm³/mol. The molecule has 0 aliphatic heterocycles. The molecule has 0 saturated carbocycles. The number of hydrogen-bond donors (Lipinski definition) is 0. The Kier molecular flexibility index (Phi) is 3.92. The Morgan fingerprint density at radius 2 is 1.94 bits per heavy atom. The van der Waals surface area contributed by atoms with Crippen molar-refractivity contribution in [3.05, 3.63) is 20.9 Å². The van der Waals surface area contributed by atoms with Gasteiger partial charge >= 0.3 is 6.18 Å². The van der Waals surface area contributed by atoms with Gasteiger partial charge < -0.3 is 4.74 Å². The molecule has 0 spiro atoms. The molecule has 0 unspecified atom stereocenters. The highest BCUT2D eigenvalue weighted by Gasteiger charge is 2.39. The average molecular weight is 353 g/mol. The van der Waals surface area contributed by atoms with E-state index in [4.69, 9.17) is 0 Å². The van der Waals surface area contributed by atoms with Gasteiger partial charge in [-0.15, -0.1) is 0 Å². The number of halogens is 6. The third kappa shape index (κ3) is 2.71. The number of ether oxygens (including phenoxy) is 1. The van der Waals surface area contributed by atoms with Crippen LogP contribution in [-0.2, 0) is 6.18 Å². The lowest BCUT2D eigenvalue weighted by molar-refractivity contribution is -0.140. The number of hydrogen-bond acceptors (Lipinski definition) is 2. The highest BCUT2D eigenvalue weighted by Crippen LogP contribution is 2.39. The molecule has 0 amide bonds. The summed E-state index contributed by atoms with van der Waals surface area (Å²) >= 11 is 1.32. The summed E-state index contributed by atoms with van der Waals surface area (Å²) in [5.74, 6) is -0.271. The summed E-state index contributed by atoms with van der Waals surface area (Å²) in [5.41, 5.74) is -2.72. The molecule has 0 aromatic carbocycles. The second kappa shape index (κ2) is 4.68. The van der Waals surface area contributed by atoms with Crippen LogP contribution in [0.25, 0.3) is 0 Å². The highest BCUT2D eigenvalue weighted by atomic mass is 127. The summed E-state index contributed by atoms with van der Waals surface area (Å²) in [5, 5.41) is 0. The van der Waals surface area contributed by atoms with Crippen molar-refractivity contribution in [2.45, 2.75) is 12.6 Å². The Labute approximate surface area is 101 Å². The first-order valence-corrected chi connectivity index (χ1v) is 4.95. The number of aromatic nitrogens is 1. The van der Waals surface area contributed by atoms with Gasteiger partial charge in [-0.1, -0.05) is 0 Å². The largest absolute Gasteiger partial charge is 0.481 e. The summed E-state index contributed by atoms with van der Waals surface area (Å²) < 4.78 is 66.5. The Morgan fingerprint density at radius 3 is 2.31 bits per heavy atom. The number of rotatable bonds is 2. The lowest BCUT2D eigenvalue weighted by Crippen LogP contribution is -2.14. The third-order valence-corrected chi connectivity index (χ3v) is 2.53. The molecular weight excluding hydrogens is 348 g/mol. The van der Waals surface area contributed by atoms with E-state index in [1.807, 2.05) is 0 Å². The minimum absolute atomic E-state index is 0.271. The van der Waals surface area contributed by atoms with Crippen LogP contribution in [0.2, 0.25) is 0 Å². The summed E-state index contributed by atoms with van der Waals surface area (Å²) in [6, 6.07) is 0.954. The van der Waals surface area contributed by atoms with Crippen LogP contribution in [0.3, 0.4) is 0 Å². The van der Waals surface area contributed by atoms with Crippen LogP contribution in [-0.4, -0.2) is 12.1 Å². The SMILES string of the molecule is COc1cc(I)c(C(F)(F)F)c(C(F)F)n1. The molecular formula is C8H5F5INO. The third-order valence-electron chi connectivity index (χ3n) is 1.68. The fourth-order valence-corrected chi connectivity index (χ4v) is 1.90. The maximum Gasteiger partial charge on any atom is 0.419 e. The maximum absolute atomic E-state index is 12.5. The van der Waals surface area contributed by atoms with E-state index in [2.05, 4.69) is 9.72 Å². The Morgan fingerprint density at radius 1 is 1.38 bits per heavy atom. The van der Waals surface area contributed by atoms with Gasteiger partial charge in [0, 0.05) is 9.64 Å². The van der Waals surface area contributed by atoms with Gasteiger partial charge in [0.25, 0.3) is 6.43 Å². The lowest BCUT2D eigenvalue weighted by Gasteiger charge is -2.14. The van der Waals surface area contributed by atoms with Gasteiger partial charge in [-0.3, -0.25) is 0 Å². The molecule has 2 nitrogen and oxygen atoms in total. The van der Waals surface area contributed by atoms with Crippen LogP contribution >= 0.6 is 22.6 Å². The van der Waals surface area contributed by atoms with Gasteiger partial charge in [0.15, 0.2) is 0 Å². The summed E-state index contributed by atoms with van der Waals surface area (Å²) in [7, 11) is 1.14. The number of alkyl halides is 5. The molecule has 0 fully saturated rings. The number of methoxy groups -OCH3 is 1. The van der Waals surface area contributed by atoms with Gasteiger partial charge in [-0.25, -0.2) is 13.8 Å². The molecule has 0 N–H and O–H groups in total. The fourth-order valence-electron chi connectivity index (χ4n) is 1.05. The van der Waals surface area contributed by atoms with Gasteiger partial charge in [0.2, 0.25) is 5.88 Å². The van der Waals surface area contributed by atoms with E-state index in [0.717, 1.165) is 13.2 Å². The molecule has 0 atom stereocenters. The quantitative estimate of drug-likeness (QED) is 0.598. The zero-order valence-electron chi connectivity index (χ0n) is 7.78. The van der Waals surface area contributed by atoms with Crippen molar-refractivity contribution in [2.75, 3.05) is 7.11 Å². The zero-order chi connectivity index (χ0) is 12.5. The van der Waals surface area contributed by atoms with Crippen molar-refractivity contribution in [1.29, 1.82) is 0 Å². The van der Waals surface area contributed by atoms with Gasteiger partial charge in [0.1, 0.15) is 5.69 Å². The first kappa shape index (κ1) is 13.4. The van der Waals surface area contributed by atoms with Crippen LogP contribution in [0.4, 0.5) is 22.0 Å². The Bertz CT molecular complexity index is 393. The molecule has 1 heterocycles. The van der Waals surface area contributed by atoms with Crippen molar-refractivity contribution in [1.82, 2.24) is 4.98 Å². The highest BCUT2D eigenvalue weighted by molar-refractivity contribution is 14.1. The van der Waals surface area contributed by atoms with Crippen LogP contribution in [0, 0.1) is 3.57 Å². The summed E-state index contributed by atoms with van der Waals surface area (Å²) in [6.45, 7) is 0. The standard InChI is InChI=1S/C8H5F5INO/c1-16-4-2-3(14)5(8(11,12)13)6(15-4)7(9)10/h2,7H,1H3. The molecule has 1 aromatic heterocycles. The zero-order valence-corrected chi connectivity index (χ0v) is 9.94.